The fourth-order valence-corrected chi connectivity index (χ4v) is 4.47. The fourth-order valence-electron chi connectivity index (χ4n) is 3.47. The number of benzene rings is 1. The van der Waals surface area contributed by atoms with E-state index < -0.39 is 0 Å². The molecule has 1 aromatic heterocycles. The van der Waals surface area contributed by atoms with Gasteiger partial charge in [0.05, 0.1) is 10.6 Å². The molecule has 2 amide bonds. The van der Waals surface area contributed by atoms with Crippen molar-refractivity contribution in [1.82, 2.24) is 9.88 Å². The molecule has 0 saturated carbocycles. The highest BCUT2D eigenvalue weighted by Gasteiger charge is 2.38. The second-order valence-corrected chi connectivity index (χ2v) is 7.70. The number of carbonyl (C=O) groups excluding carboxylic acids is 2. The summed E-state index contributed by atoms with van der Waals surface area (Å²) in [5.74, 6) is -0.622. The molecule has 2 aromatic rings. The van der Waals surface area contributed by atoms with Crippen molar-refractivity contribution in [2.75, 3.05) is 31.1 Å². The molecular weight excluding hydrogens is 343 g/mol. The van der Waals surface area contributed by atoms with Crippen LogP contribution in [0.2, 0.25) is 0 Å². The van der Waals surface area contributed by atoms with Crippen LogP contribution in [0.1, 0.15) is 12.8 Å². The average molecular weight is 362 g/mol. The molecule has 0 spiro atoms. The number of amides is 2. The van der Waals surface area contributed by atoms with Gasteiger partial charge in [0.1, 0.15) is 11.3 Å². The molecule has 1 aromatic carbocycles. The molecule has 0 bridgehead atoms. The maximum Gasteiger partial charge on any atom is 0.229 e. The van der Waals surface area contributed by atoms with E-state index in [-0.39, 0.29) is 29.5 Å². The predicted molar refractivity (Wildman–Crippen MR) is 93.8 cm³/mol. The Morgan fingerprint density at radius 2 is 1.92 bits per heavy atom. The molecule has 0 aliphatic carbocycles. The highest BCUT2D eigenvalue weighted by molar-refractivity contribution is 7.22. The molecule has 4 rings (SSSR count). The van der Waals surface area contributed by atoms with E-state index in [9.17, 15) is 14.0 Å². The maximum atomic E-state index is 13.8. The van der Waals surface area contributed by atoms with Gasteiger partial charge < -0.3 is 15.5 Å². The van der Waals surface area contributed by atoms with Crippen LogP contribution in [-0.4, -0.2) is 47.9 Å². The van der Waals surface area contributed by atoms with E-state index in [4.69, 9.17) is 5.73 Å². The number of likely N-dealkylation sites (tertiary alicyclic amines) is 1. The van der Waals surface area contributed by atoms with Gasteiger partial charge in [-0.2, -0.15) is 0 Å². The highest BCUT2D eigenvalue weighted by Crippen LogP contribution is 2.34. The maximum absolute atomic E-state index is 13.8. The van der Waals surface area contributed by atoms with Gasteiger partial charge in [-0.25, -0.2) is 9.37 Å². The van der Waals surface area contributed by atoms with E-state index >= 15 is 0 Å². The third-order valence-electron chi connectivity index (χ3n) is 5.07. The Kier molecular flexibility index (Phi) is 4.07. The smallest absolute Gasteiger partial charge is 0.229 e. The Hall–Kier alpha value is -2.22. The van der Waals surface area contributed by atoms with Crippen LogP contribution in [0.15, 0.2) is 18.2 Å². The van der Waals surface area contributed by atoms with Gasteiger partial charge >= 0.3 is 0 Å². The molecule has 2 aliphatic heterocycles. The standard InChI is InChI=1S/C17H19FN4O2S/c18-12-2-1-3-13-14(12)20-17(25-13)22-8-11(9-22)16(24)21-6-4-10(5-7-21)15(19)23/h1-3,10-11H,4-9H2,(H2,19,23). The van der Waals surface area contributed by atoms with E-state index in [0.29, 0.717) is 44.5 Å². The average Bonchev–Trinajstić information content (AvgIpc) is 2.98. The molecule has 8 heteroatoms. The highest BCUT2D eigenvalue weighted by atomic mass is 32.1. The van der Waals surface area contributed by atoms with Gasteiger partial charge in [0.15, 0.2) is 5.13 Å². The number of hydrogen-bond acceptors (Lipinski definition) is 5. The number of aromatic nitrogens is 1. The van der Waals surface area contributed by atoms with Crippen molar-refractivity contribution < 1.29 is 14.0 Å². The van der Waals surface area contributed by atoms with E-state index in [1.165, 1.54) is 17.4 Å². The molecule has 0 atom stereocenters. The van der Waals surface area contributed by atoms with Crippen molar-refractivity contribution in [2.45, 2.75) is 12.8 Å². The first-order valence-corrected chi connectivity index (χ1v) is 9.22. The molecule has 2 N–H and O–H groups in total. The zero-order valence-corrected chi connectivity index (χ0v) is 14.5. The van der Waals surface area contributed by atoms with Gasteiger partial charge in [-0.15, -0.1) is 0 Å². The number of anilines is 1. The first-order chi connectivity index (χ1) is 12.0. The number of fused-ring (bicyclic) bond motifs is 1. The molecule has 0 radical (unpaired) electrons. The number of primary amides is 1. The van der Waals surface area contributed by atoms with Crippen molar-refractivity contribution in [3.63, 3.8) is 0 Å². The van der Waals surface area contributed by atoms with Crippen LogP contribution in [0.4, 0.5) is 9.52 Å². The van der Waals surface area contributed by atoms with Gasteiger partial charge in [-0.3, -0.25) is 9.59 Å². The van der Waals surface area contributed by atoms with Crippen LogP contribution in [0.5, 0.6) is 0 Å². The minimum Gasteiger partial charge on any atom is -0.369 e. The lowest BCUT2D eigenvalue weighted by Crippen LogP contribution is -2.56. The summed E-state index contributed by atoms with van der Waals surface area (Å²) in [6.07, 6.45) is 1.29. The molecule has 6 nitrogen and oxygen atoms in total. The molecule has 25 heavy (non-hydrogen) atoms. The quantitative estimate of drug-likeness (QED) is 0.899. The van der Waals surface area contributed by atoms with Gasteiger partial charge in [-0.1, -0.05) is 17.4 Å². The first kappa shape index (κ1) is 16.3. The summed E-state index contributed by atoms with van der Waals surface area (Å²) >= 11 is 1.45. The Balaban J connectivity index is 1.36. The molecule has 0 unspecified atom stereocenters. The number of piperidine rings is 1. The molecule has 2 fully saturated rings. The molecule has 2 aliphatic rings. The lowest BCUT2D eigenvalue weighted by Gasteiger charge is -2.41. The number of rotatable bonds is 3. The number of hydrogen-bond donors (Lipinski definition) is 1. The second kappa shape index (κ2) is 6.25. The molecule has 2 saturated heterocycles. The van der Waals surface area contributed by atoms with Crippen LogP contribution in [0, 0.1) is 17.7 Å². The van der Waals surface area contributed by atoms with Gasteiger partial charge in [0.25, 0.3) is 0 Å². The number of nitrogens with zero attached hydrogens (tertiary/aromatic N) is 3. The summed E-state index contributed by atoms with van der Waals surface area (Å²) < 4.78 is 14.6. The van der Waals surface area contributed by atoms with Crippen LogP contribution in [0.25, 0.3) is 10.2 Å². The van der Waals surface area contributed by atoms with Crippen molar-refractivity contribution in [1.29, 1.82) is 0 Å². The summed E-state index contributed by atoms with van der Waals surface area (Å²) in [5.41, 5.74) is 5.72. The summed E-state index contributed by atoms with van der Waals surface area (Å²) in [6.45, 7) is 2.40. The predicted octanol–water partition coefficient (Wildman–Crippen LogP) is 1.60. The number of thiazole rings is 1. The Morgan fingerprint density at radius 1 is 1.20 bits per heavy atom. The summed E-state index contributed by atoms with van der Waals surface area (Å²) in [4.78, 5) is 32.0. The van der Waals surface area contributed by atoms with Crippen molar-refractivity contribution in [3.8, 4) is 0 Å². The second-order valence-electron chi connectivity index (χ2n) is 6.69. The lowest BCUT2D eigenvalue weighted by molar-refractivity contribution is -0.139. The van der Waals surface area contributed by atoms with E-state index in [1.54, 1.807) is 6.07 Å². The largest absolute Gasteiger partial charge is 0.369 e. The minimum atomic E-state index is -0.314. The topological polar surface area (TPSA) is 79.5 Å². The zero-order valence-electron chi connectivity index (χ0n) is 13.7. The van der Waals surface area contributed by atoms with E-state index in [2.05, 4.69) is 4.98 Å². The van der Waals surface area contributed by atoms with Crippen molar-refractivity contribution >= 4 is 38.5 Å². The number of nitrogens with two attached hydrogens (primary N) is 1. The Morgan fingerprint density at radius 3 is 2.56 bits per heavy atom. The first-order valence-electron chi connectivity index (χ1n) is 8.41. The van der Waals surface area contributed by atoms with E-state index in [1.807, 2.05) is 15.9 Å². The number of halogens is 1. The summed E-state index contributed by atoms with van der Waals surface area (Å²) in [5, 5.41) is 0.761. The molecule has 3 heterocycles. The van der Waals surface area contributed by atoms with Crippen LogP contribution in [-0.2, 0) is 9.59 Å². The van der Waals surface area contributed by atoms with Gasteiger partial charge in [0.2, 0.25) is 11.8 Å². The third kappa shape index (κ3) is 2.95. The van der Waals surface area contributed by atoms with Crippen molar-refractivity contribution in [2.24, 2.45) is 17.6 Å². The van der Waals surface area contributed by atoms with E-state index in [0.717, 1.165) is 9.83 Å². The molecular formula is C17H19FN4O2S. The number of carbonyl (C=O) groups is 2. The summed E-state index contributed by atoms with van der Waals surface area (Å²) in [7, 11) is 0. The minimum absolute atomic E-state index is 0.0537. The summed E-state index contributed by atoms with van der Waals surface area (Å²) in [6, 6.07) is 4.94. The van der Waals surface area contributed by atoms with Crippen molar-refractivity contribution in [3.05, 3.63) is 24.0 Å². The Labute approximate surface area is 148 Å². The SMILES string of the molecule is NC(=O)C1CCN(C(=O)C2CN(c3nc4c(F)cccc4s3)C2)CC1. The lowest BCUT2D eigenvalue weighted by atomic mass is 9.93. The Bertz CT molecular complexity index is 825. The van der Waals surface area contributed by atoms with Gasteiger partial charge in [0, 0.05) is 32.1 Å². The van der Waals surface area contributed by atoms with Crippen LogP contribution >= 0.6 is 11.3 Å². The monoisotopic (exact) mass is 362 g/mol. The van der Waals surface area contributed by atoms with Crippen LogP contribution in [0.3, 0.4) is 0 Å². The normalized spacial score (nSPS) is 19.2. The fraction of sp³-hybridized carbons (Fsp3) is 0.471. The van der Waals surface area contributed by atoms with Gasteiger partial charge in [-0.05, 0) is 25.0 Å². The number of para-hydroxylation sites is 1. The zero-order chi connectivity index (χ0) is 17.6. The molecule has 132 valence electrons. The van der Waals surface area contributed by atoms with Crippen LogP contribution < -0.4 is 10.6 Å². The third-order valence-corrected chi connectivity index (χ3v) is 6.15.